The van der Waals surface area contributed by atoms with Gasteiger partial charge in [-0.05, 0) is 17.9 Å². The van der Waals surface area contributed by atoms with Crippen molar-refractivity contribution in [1.29, 1.82) is 0 Å². The lowest BCUT2D eigenvalue weighted by Crippen LogP contribution is -2.45. The second kappa shape index (κ2) is 8.00. The molecule has 0 aromatic carbocycles. The van der Waals surface area contributed by atoms with Gasteiger partial charge in [-0.25, -0.2) is 4.79 Å². The lowest BCUT2D eigenvalue weighted by Gasteiger charge is -2.13. The van der Waals surface area contributed by atoms with Crippen LogP contribution in [0.25, 0.3) is 0 Å². The minimum absolute atomic E-state index is 0.227. The predicted octanol–water partition coefficient (Wildman–Crippen LogP) is -0.0879. The van der Waals surface area contributed by atoms with E-state index < -0.39 is 29.8 Å². The van der Waals surface area contributed by atoms with E-state index in [0.717, 1.165) is 0 Å². The molecule has 8 nitrogen and oxygen atoms in total. The van der Waals surface area contributed by atoms with Gasteiger partial charge < -0.3 is 20.8 Å². The van der Waals surface area contributed by atoms with Gasteiger partial charge in [-0.3, -0.25) is 14.4 Å². The van der Waals surface area contributed by atoms with Crippen LogP contribution in [0.2, 0.25) is 0 Å². The van der Waals surface area contributed by atoms with Crippen molar-refractivity contribution in [1.82, 2.24) is 10.6 Å². The highest BCUT2D eigenvalue weighted by Crippen LogP contribution is 2.07. The summed E-state index contributed by atoms with van der Waals surface area (Å²) in [7, 11) is 0. The molecule has 9 heteroatoms. The van der Waals surface area contributed by atoms with Crippen LogP contribution in [0.1, 0.15) is 22.5 Å². The maximum absolute atomic E-state index is 11.6. The van der Waals surface area contributed by atoms with Crippen molar-refractivity contribution in [2.45, 2.75) is 18.9 Å². The molecule has 0 aliphatic rings. The molecular weight excluding hydrogens is 300 g/mol. The number of nitrogens with one attached hydrogen (secondary N) is 2. The maximum Gasteiger partial charge on any atom is 0.326 e. The number of carbonyl (C=O) groups excluding carboxylic acids is 2. The summed E-state index contributed by atoms with van der Waals surface area (Å²) in [5.74, 6) is -3.61. The van der Waals surface area contributed by atoms with E-state index in [0.29, 0.717) is 4.88 Å². The fourth-order valence-electron chi connectivity index (χ4n) is 1.43. The van der Waals surface area contributed by atoms with Gasteiger partial charge in [0.25, 0.3) is 5.91 Å². The van der Waals surface area contributed by atoms with Gasteiger partial charge >= 0.3 is 11.9 Å². The van der Waals surface area contributed by atoms with E-state index in [-0.39, 0.29) is 19.4 Å². The summed E-state index contributed by atoms with van der Waals surface area (Å²) in [5, 5.41) is 23.6. The van der Waals surface area contributed by atoms with Gasteiger partial charge in [0.2, 0.25) is 5.91 Å². The second-order valence-corrected chi connectivity index (χ2v) is 5.00. The number of carboxylic acid groups (broad SMARTS) is 2. The highest BCUT2D eigenvalue weighted by Gasteiger charge is 2.21. The lowest BCUT2D eigenvalue weighted by atomic mass is 10.1. The zero-order valence-electron chi connectivity index (χ0n) is 10.9. The fraction of sp³-hybridized carbons (Fsp3) is 0.333. The van der Waals surface area contributed by atoms with Crippen molar-refractivity contribution in [3.8, 4) is 0 Å². The molecule has 0 fully saturated rings. The summed E-state index contributed by atoms with van der Waals surface area (Å²) in [5.41, 5.74) is 0. The molecule has 0 spiro atoms. The van der Waals surface area contributed by atoms with Crippen LogP contribution in [0.15, 0.2) is 17.5 Å². The molecule has 1 heterocycles. The molecule has 0 aliphatic carbocycles. The Morgan fingerprint density at radius 3 is 2.48 bits per heavy atom. The highest BCUT2D eigenvalue weighted by molar-refractivity contribution is 7.12. The van der Waals surface area contributed by atoms with Crippen molar-refractivity contribution >= 4 is 35.1 Å². The van der Waals surface area contributed by atoms with Gasteiger partial charge in [0.05, 0.1) is 11.4 Å². The lowest BCUT2D eigenvalue weighted by molar-refractivity contribution is -0.142. The van der Waals surface area contributed by atoms with Crippen LogP contribution in [0.5, 0.6) is 0 Å². The number of carbonyl (C=O) groups is 4. The Kier molecular flexibility index (Phi) is 6.34. The van der Waals surface area contributed by atoms with E-state index in [1.165, 1.54) is 11.3 Å². The second-order valence-electron chi connectivity index (χ2n) is 4.05. The average Bonchev–Trinajstić information content (AvgIpc) is 2.94. The third kappa shape index (κ3) is 6.04. The Morgan fingerprint density at radius 2 is 1.95 bits per heavy atom. The van der Waals surface area contributed by atoms with E-state index in [2.05, 4.69) is 10.6 Å². The Bertz CT molecular complexity index is 528. The summed E-state index contributed by atoms with van der Waals surface area (Å²) in [6, 6.07) is 1.98. The van der Waals surface area contributed by atoms with Gasteiger partial charge in [-0.15, -0.1) is 11.3 Å². The first-order valence-electron chi connectivity index (χ1n) is 5.96. The van der Waals surface area contributed by atoms with Crippen molar-refractivity contribution in [2.24, 2.45) is 0 Å². The molecule has 4 N–H and O–H groups in total. The Balaban J connectivity index is 2.41. The van der Waals surface area contributed by atoms with Crippen molar-refractivity contribution in [3.05, 3.63) is 22.4 Å². The molecule has 114 valence electrons. The molecule has 0 saturated heterocycles. The SMILES string of the molecule is O=C(O)CC[C@H](NC(=O)CNC(=O)c1cccs1)C(=O)O. The highest BCUT2D eigenvalue weighted by atomic mass is 32.1. The van der Waals surface area contributed by atoms with Gasteiger partial charge in [-0.2, -0.15) is 0 Å². The van der Waals surface area contributed by atoms with Crippen molar-refractivity contribution in [2.75, 3.05) is 6.54 Å². The monoisotopic (exact) mass is 314 g/mol. The molecule has 0 aliphatic heterocycles. The third-order valence-electron chi connectivity index (χ3n) is 2.43. The average molecular weight is 314 g/mol. The zero-order valence-corrected chi connectivity index (χ0v) is 11.7. The number of thiophene rings is 1. The van der Waals surface area contributed by atoms with E-state index in [4.69, 9.17) is 10.2 Å². The van der Waals surface area contributed by atoms with Crippen LogP contribution in [0.4, 0.5) is 0 Å². The summed E-state index contributed by atoms with van der Waals surface area (Å²) in [4.78, 5) is 44.8. The first-order valence-corrected chi connectivity index (χ1v) is 6.83. The van der Waals surface area contributed by atoms with Crippen LogP contribution in [0, 0.1) is 0 Å². The molecule has 0 unspecified atom stereocenters. The standard InChI is InChI=1S/C12H14N2O6S/c15-9(6-13-11(18)8-2-1-5-21-8)14-7(12(19)20)3-4-10(16)17/h1-2,5,7H,3-4,6H2,(H,13,18)(H,14,15)(H,16,17)(H,19,20)/t7-/m0/s1. The Hall–Kier alpha value is -2.42. The van der Waals surface area contributed by atoms with Gasteiger partial charge in [-0.1, -0.05) is 6.07 Å². The number of hydrogen-bond donors (Lipinski definition) is 4. The quantitative estimate of drug-likeness (QED) is 0.530. The summed E-state index contributed by atoms with van der Waals surface area (Å²) in [6.07, 6.45) is -0.603. The third-order valence-corrected chi connectivity index (χ3v) is 3.30. The predicted molar refractivity (Wildman–Crippen MR) is 73.1 cm³/mol. The van der Waals surface area contributed by atoms with Crippen molar-refractivity contribution in [3.63, 3.8) is 0 Å². The minimum atomic E-state index is -1.32. The zero-order chi connectivity index (χ0) is 15.8. The Morgan fingerprint density at radius 1 is 1.24 bits per heavy atom. The molecule has 1 aromatic heterocycles. The molecule has 0 bridgehead atoms. The molecular formula is C12H14N2O6S. The van der Waals surface area contributed by atoms with Crippen LogP contribution in [-0.2, 0) is 14.4 Å². The first-order chi connectivity index (χ1) is 9.90. The van der Waals surface area contributed by atoms with E-state index in [9.17, 15) is 19.2 Å². The van der Waals surface area contributed by atoms with Crippen LogP contribution in [0.3, 0.4) is 0 Å². The Labute approximate surface area is 123 Å². The number of rotatable bonds is 8. The molecule has 0 saturated carbocycles. The van der Waals surface area contributed by atoms with Crippen molar-refractivity contribution < 1.29 is 29.4 Å². The maximum atomic E-state index is 11.6. The van der Waals surface area contributed by atoms with E-state index in [1.807, 2.05) is 0 Å². The summed E-state index contributed by atoms with van der Waals surface area (Å²) in [6.45, 7) is -0.381. The van der Waals surface area contributed by atoms with Gasteiger partial charge in [0.15, 0.2) is 0 Å². The molecule has 1 atom stereocenters. The summed E-state index contributed by atoms with van der Waals surface area (Å²) >= 11 is 1.21. The summed E-state index contributed by atoms with van der Waals surface area (Å²) < 4.78 is 0. The van der Waals surface area contributed by atoms with Gasteiger partial charge in [0.1, 0.15) is 6.04 Å². The molecule has 1 rings (SSSR count). The fourth-order valence-corrected chi connectivity index (χ4v) is 2.07. The van der Waals surface area contributed by atoms with Crippen LogP contribution in [-0.4, -0.2) is 46.6 Å². The number of carboxylic acids is 2. The smallest absolute Gasteiger partial charge is 0.326 e. The molecule has 1 aromatic rings. The first kappa shape index (κ1) is 16.6. The van der Waals surface area contributed by atoms with E-state index >= 15 is 0 Å². The minimum Gasteiger partial charge on any atom is -0.481 e. The van der Waals surface area contributed by atoms with Gasteiger partial charge in [0, 0.05) is 6.42 Å². The molecule has 2 amide bonds. The largest absolute Gasteiger partial charge is 0.481 e. The number of amides is 2. The number of aliphatic carboxylic acids is 2. The van der Waals surface area contributed by atoms with Crippen LogP contribution >= 0.6 is 11.3 Å². The van der Waals surface area contributed by atoms with Crippen LogP contribution < -0.4 is 10.6 Å². The molecule has 21 heavy (non-hydrogen) atoms. The molecule has 0 radical (unpaired) electrons. The topological polar surface area (TPSA) is 133 Å². The number of hydrogen-bond acceptors (Lipinski definition) is 5. The van der Waals surface area contributed by atoms with E-state index in [1.54, 1.807) is 17.5 Å². The normalized spacial score (nSPS) is 11.4.